The summed E-state index contributed by atoms with van der Waals surface area (Å²) in [6.45, 7) is 1.83. The molecule has 0 aliphatic rings. The summed E-state index contributed by atoms with van der Waals surface area (Å²) >= 11 is 0. The van der Waals surface area contributed by atoms with Crippen molar-refractivity contribution < 1.29 is 17.5 Å². The highest BCUT2D eigenvalue weighted by Gasteiger charge is 2.12. The second kappa shape index (κ2) is 5.90. The molecule has 0 radical (unpaired) electrons. The monoisotopic (exact) mass is 301 g/mol. The molecule has 8 nitrogen and oxygen atoms in total. The third-order valence-corrected chi connectivity index (χ3v) is 2.60. The van der Waals surface area contributed by atoms with Crippen LogP contribution < -0.4 is 11.3 Å². The van der Waals surface area contributed by atoms with Crippen molar-refractivity contribution in [3.8, 4) is 5.69 Å². The minimum atomic E-state index is -4.67. The molecule has 1 aromatic heterocycles. The van der Waals surface area contributed by atoms with Crippen molar-refractivity contribution in [2.45, 2.75) is 6.92 Å². The summed E-state index contributed by atoms with van der Waals surface area (Å²) in [6.07, 6.45) is 0. The van der Waals surface area contributed by atoms with Crippen LogP contribution in [-0.2, 0) is 17.4 Å². The number of para-hydroxylation sites is 1. The molecule has 1 aromatic carbocycles. The Balaban J connectivity index is 0.000000347. The molecule has 0 fully saturated rings. The summed E-state index contributed by atoms with van der Waals surface area (Å²) in [5.74, 6) is 0. The van der Waals surface area contributed by atoms with E-state index in [0.717, 1.165) is 11.4 Å². The van der Waals surface area contributed by atoms with Gasteiger partial charge in [-0.25, -0.2) is 4.68 Å². The average Bonchev–Trinajstić information content (AvgIpc) is 2.53. The van der Waals surface area contributed by atoms with Gasteiger partial charge in [-0.3, -0.25) is 18.6 Å². The van der Waals surface area contributed by atoms with Gasteiger partial charge in [-0.15, -0.1) is 0 Å². The summed E-state index contributed by atoms with van der Waals surface area (Å²) in [7, 11) is -2.85. The van der Waals surface area contributed by atoms with E-state index in [2.05, 4.69) is 0 Å². The Morgan fingerprint density at radius 1 is 1.15 bits per heavy atom. The van der Waals surface area contributed by atoms with E-state index in [-0.39, 0.29) is 5.56 Å². The molecular weight excluding hydrogens is 286 g/mol. The predicted octanol–water partition coefficient (Wildman–Crippen LogP) is 0.414. The van der Waals surface area contributed by atoms with Crippen molar-refractivity contribution in [3.05, 3.63) is 46.4 Å². The van der Waals surface area contributed by atoms with Crippen LogP contribution in [0.4, 0.5) is 5.69 Å². The largest absolute Gasteiger partial charge is 0.394 e. The zero-order valence-corrected chi connectivity index (χ0v) is 11.7. The maximum atomic E-state index is 11.8. The normalized spacial score (nSPS) is 10.8. The molecule has 0 saturated heterocycles. The first-order valence-corrected chi connectivity index (χ1v) is 6.82. The van der Waals surface area contributed by atoms with Crippen molar-refractivity contribution in [1.82, 2.24) is 9.36 Å². The van der Waals surface area contributed by atoms with Gasteiger partial charge in [0.1, 0.15) is 5.69 Å². The number of aromatic nitrogens is 2. The zero-order valence-electron chi connectivity index (χ0n) is 10.9. The van der Waals surface area contributed by atoms with Crippen LogP contribution in [0.5, 0.6) is 0 Å². The average molecular weight is 301 g/mol. The van der Waals surface area contributed by atoms with Gasteiger partial charge in [0.2, 0.25) is 0 Å². The van der Waals surface area contributed by atoms with Crippen LogP contribution in [0, 0.1) is 6.92 Å². The second-order valence-electron chi connectivity index (χ2n) is 3.92. The molecule has 0 aliphatic heterocycles. The number of nitrogen functional groups attached to an aromatic ring is 1. The van der Waals surface area contributed by atoms with E-state index < -0.39 is 10.4 Å². The SMILES string of the molecule is Cc1c(N)c(=O)n(-c2ccccc2)n1C.O=S(=O)(O)O. The van der Waals surface area contributed by atoms with Gasteiger partial charge in [0.25, 0.3) is 5.56 Å². The third kappa shape index (κ3) is 3.95. The highest BCUT2D eigenvalue weighted by molar-refractivity contribution is 7.79. The van der Waals surface area contributed by atoms with E-state index >= 15 is 0 Å². The van der Waals surface area contributed by atoms with Crippen LogP contribution in [0.3, 0.4) is 0 Å². The molecule has 0 saturated carbocycles. The molecule has 0 bridgehead atoms. The first kappa shape index (κ1) is 16.0. The molecule has 4 N–H and O–H groups in total. The van der Waals surface area contributed by atoms with E-state index in [0.29, 0.717) is 5.69 Å². The molecule has 0 aliphatic carbocycles. The molecule has 9 heteroatoms. The van der Waals surface area contributed by atoms with Crippen molar-refractivity contribution in [1.29, 1.82) is 0 Å². The van der Waals surface area contributed by atoms with Crippen LogP contribution in [0.1, 0.15) is 5.69 Å². The lowest BCUT2D eigenvalue weighted by atomic mass is 10.3. The van der Waals surface area contributed by atoms with Crippen molar-refractivity contribution in [2.75, 3.05) is 5.73 Å². The quantitative estimate of drug-likeness (QED) is 0.655. The highest BCUT2D eigenvalue weighted by Crippen LogP contribution is 2.10. The van der Waals surface area contributed by atoms with Crippen LogP contribution in [0.2, 0.25) is 0 Å². The van der Waals surface area contributed by atoms with Gasteiger partial charge in [0, 0.05) is 7.05 Å². The first-order valence-electron chi connectivity index (χ1n) is 5.42. The Bertz CT molecular complexity index is 738. The fourth-order valence-corrected chi connectivity index (χ4v) is 1.59. The number of anilines is 1. The molecule has 20 heavy (non-hydrogen) atoms. The summed E-state index contributed by atoms with van der Waals surface area (Å²) in [5.41, 5.74) is 7.43. The van der Waals surface area contributed by atoms with Crippen molar-refractivity contribution in [2.24, 2.45) is 7.05 Å². The third-order valence-electron chi connectivity index (χ3n) is 2.60. The predicted molar refractivity (Wildman–Crippen MR) is 74.3 cm³/mol. The zero-order chi connectivity index (χ0) is 15.5. The maximum Gasteiger partial charge on any atom is 0.394 e. The fraction of sp³-hybridized carbons (Fsp3) is 0.182. The Morgan fingerprint density at radius 3 is 1.95 bits per heavy atom. The number of nitrogens with two attached hydrogens (primary N) is 1. The summed E-state index contributed by atoms with van der Waals surface area (Å²) < 4.78 is 34.9. The molecule has 0 unspecified atom stereocenters. The number of hydrogen-bond donors (Lipinski definition) is 3. The van der Waals surface area contributed by atoms with Gasteiger partial charge in [0.15, 0.2) is 0 Å². The summed E-state index contributed by atoms with van der Waals surface area (Å²) in [5, 5.41) is 0. The standard InChI is InChI=1S/C11H13N3O.H2O4S/c1-8-10(12)11(15)14(13(8)2)9-6-4-3-5-7-9;1-5(2,3)4/h3-7H,12H2,1-2H3;(H2,1,2,3,4). The highest BCUT2D eigenvalue weighted by atomic mass is 32.3. The van der Waals surface area contributed by atoms with Crippen molar-refractivity contribution in [3.63, 3.8) is 0 Å². The van der Waals surface area contributed by atoms with E-state index in [1.165, 1.54) is 0 Å². The van der Waals surface area contributed by atoms with E-state index in [1.54, 1.807) is 9.36 Å². The van der Waals surface area contributed by atoms with E-state index in [9.17, 15) is 4.79 Å². The van der Waals surface area contributed by atoms with Gasteiger partial charge in [-0.1, -0.05) is 18.2 Å². The Morgan fingerprint density at radius 2 is 1.60 bits per heavy atom. The van der Waals surface area contributed by atoms with Gasteiger partial charge < -0.3 is 5.73 Å². The Kier molecular flexibility index (Phi) is 4.71. The molecule has 2 aromatic rings. The molecule has 0 atom stereocenters. The summed E-state index contributed by atoms with van der Waals surface area (Å²) in [6, 6.07) is 9.44. The summed E-state index contributed by atoms with van der Waals surface area (Å²) in [4.78, 5) is 11.8. The van der Waals surface area contributed by atoms with E-state index in [1.807, 2.05) is 44.3 Å². The lowest BCUT2D eigenvalue weighted by Gasteiger charge is -2.07. The first-order chi connectivity index (χ1) is 9.13. The fourth-order valence-electron chi connectivity index (χ4n) is 1.59. The van der Waals surface area contributed by atoms with Crippen LogP contribution >= 0.6 is 0 Å². The smallest absolute Gasteiger partial charge is 0.393 e. The van der Waals surface area contributed by atoms with Gasteiger partial charge in [0.05, 0.1) is 11.4 Å². The molecule has 1 heterocycles. The minimum Gasteiger partial charge on any atom is -0.393 e. The van der Waals surface area contributed by atoms with Gasteiger partial charge in [-0.2, -0.15) is 8.42 Å². The van der Waals surface area contributed by atoms with E-state index in [4.69, 9.17) is 23.3 Å². The van der Waals surface area contributed by atoms with Crippen LogP contribution in [0.25, 0.3) is 5.69 Å². The van der Waals surface area contributed by atoms with Gasteiger partial charge in [-0.05, 0) is 19.1 Å². The maximum absolute atomic E-state index is 11.8. The molecule has 0 spiro atoms. The topological polar surface area (TPSA) is 128 Å². The molecule has 2 rings (SSSR count). The number of nitrogens with zero attached hydrogens (tertiary/aromatic N) is 2. The molecular formula is C11H15N3O5S. The molecule has 0 amide bonds. The lowest BCUT2D eigenvalue weighted by Crippen LogP contribution is -2.20. The van der Waals surface area contributed by atoms with Crippen LogP contribution in [0.15, 0.2) is 35.1 Å². The Hall–Kier alpha value is -2.10. The number of benzene rings is 1. The minimum absolute atomic E-state index is 0.166. The Labute approximate surface area is 115 Å². The number of rotatable bonds is 1. The molecule has 110 valence electrons. The van der Waals surface area contributed by atoms with Gasteiger partial charge >= 0.3 is 10.4 Å². The second-order valence-corrected chi connectivity index (χ2v) is 4.82. The lowest BCUT2D eigenvalue weighted by molar-refractivity contribution is 0.381. The van der Waals surface area contributed by atoms with Crippen LogP contribution in [-0.4, -0.2) is 26.9 Å². The number of hydrogen-bond acceptors (Lipinski definition) is 4. The van der Waals surface area contributed by atoms with Crippen molar-refractivity contribution >= 4 is 16.1 Å².